The van der Waals surface area contributed by atoms with Gasteiger partial charge in [0.25, 0.3) is 5.91 Å². The number of halogens is 1. The minimum atomic E-state index is -0.598. The van der Waals surface area contributed by atoms with E-state index in [1.165, 1.54) is 4.68 Å². The molecule has 0 spiro atoms. The molecule has 2 heterocycles. The van der Waals surface area contributed by atoms with Crippen LogP contribution in [-0.2, 0) is 0 Å². The number of nitrogens with two attached hydrogens (primary N) is 1. The number of carbonyl (C=O) groups excluding carboxylic acids is 1. The maximum absolute atomic E-state index is 13.0. The van der Waals surface area contributed by atoms with E-state index in [-0.39, 0.29) is 17.3 Å². The lowest BCUT2D eigenvalue weighted by Gasteiger charge is -2.09. The summed E-state index contributed by atoms with van der Waals surface area (Å²) in [6.07, 6.45) is 0. The normalized spacial score (nSPS) is 11.4. The number of carbonyl (C=O) groups is 1. The van der Waals surface area contributed by atoms with Crippen molar-refractivity contribution < 1.29 is 14.2 Å². The Labute approximate surface area is 193 Å². The number of benzene rings is 2. The highest BCUT2D eigenvalue weighted by Crippen LogP contribution is 2.29. The molecule has 0 aliphatic carbocycles. The van der Waals surface area contributed by atoms with Crippen LogP contribution in [0, 0.1) is 0 Å². The Balaban J connectivity index is 1.74. The summed E-state index contributed by atoms with van der Waals surface area (Å²) < 4.78 is 11.5. The first-order valence-corrected chi connectivity index (χ1v) is 10.2. The predicted octanol–water partition coefficient (Wildman–Crippen LogP) is 3.11. The van der Waals surface area contributed by atoms with Crippen LogP contribution in [0.15, 0.2) is 58.3 Å². The van der Waals surface area contributed by atoms with Gasteiger partial charge in [-0.2, -0.15) is 9.78 Å². The zero-order valence-corrected chi connectivity index (χ0v) is 18.4. The second-order valence-corrected chi connectivity index (χ2v) is 7.16. The highest BCUT2D eigenvalue weighted by molar-refractivity contribution is 6.34. The third kappa shape index (κ3) is 4.53. The van der Waals surface area contributed by atoms with Gasteiger partial charge >= 0.3 is 0 Å². The number of anilines is 1. The van der Waals surface area contributed by atoms with E-state index in [4.69, 9.17) is 22.1 Å². The molecule has 0 radical (unpaired) electrons. The highest BCUT2D eigenvalue weighted by Gasteiger charge is 2.25. The van der Waals surface area contributed by atoms with E-state index in [0.717, 1.165) is 0 Å². The van der Waals surface area contributed by atoms with Gasteiger partial charge in [-0.1, -0.05) is 47.1 Å². The standard InChI is InChI=1S/C21H19ClN8O3/c1-3-32-14-8-6-7-13(11-14)18-17(25-29-30(18)20-19(23)27-33-28-20)21(31)26-24-12(2)15-9-4-5-10-16(15)22/h4-11H,3H2,1-2H3,(H2,23,27)(H,26,31). The molecule has 1 amide bonds. The predicted molar refractivity (Wildman–Crippen MR) is 121 cm³/mol. The van der Waals surface area contributed by atoms with E-state index in [9.17, 15) is 4.79 Å². The zero-order chi connectivity index (χ0) is 23.4. The molecule has 0 saturated carbocycles. The minimum Gasteiger partial charge on any atom is -0.494 e. The Hall–Kier alpha value is -4.25. The van der Waals surface area contributed by atoms with E-state index in [2.05, 4.69) is 35.8 Å². The van der Waals surface area contributed by atoms with Gasteiger partial charge in [0.2, 0.25) is 11.6 Å². The van der Waals surface area contributed by atoms with Gasteiger partial charge in [-0.05, 0) is 42.4 Å². The number of hydrazone groups is 1. The molecule has 0 saturated heterocycles. The van der Waals surface area contributed by atoms with E-state index in [0.29, 0.717) is 39.9 Å². The highest BCUT2D eigenvalue weighted by atomic mass is 35.5. The molecular weight excluding hydrogens is 448 g/mol. The van der Waals surface area contributed by atoms with Crippen LogP contribution in [-0.4, -0.2) is 43.5 Å². The lowest BCUT2D eigenvalue weighted by molar-refractivity contribution is 0.0950. The maximum atomic E-state index is 13.0. The van der Waals surface area contributed by atoms with Gasteiger partial charge in [-0.25, -0.2) is 10.1 Å². The number of hydrogen-bond donors (Lipinski definition) is 2. The summed E-state index contributed by atoms with van der Waals surface area (Å²) in [4.78, 5) is 13.0. The summed E-state index contributed by atoms with van der Waals surface area (Å²) in [7, 11) is 0. The first-order valence-electron chi connectivity index (χ1n) is 9.86. The first-order chi connectivity index (χ1) is 16.0. The summed E-state index contributed by atoms with van der Waals surface area (Å²) in [6, 6.07) is 14.3. The molecular formula is C21H19ClN8O3. The SMILES string of the molecule is CCOc1cccc(-c2c(C(=O)NN=C(C)c3ccccc3Cl)nnn2-c2nonc2N)c1. The number of aromatic nitrogens is 5. The van der Waals surface area contributed by atoms with Crippen LogP contribution in [0.2, 0.25) is 5.02 Å². The summed E-state index contributed by atoms with van der Waals surface area (Å²) >= 11 is 6.21. The van der Waals surface area contributed by atoms with Crippen molar-refractivity contribution in [2.24, 2.45) is 5.10 Å². The van der Waals surface area contributed by atoms with E-state index < -0.39 is 5.91 Å². The zero-order valence-electron chi connectivity index (χ0n) is 17.7. The molecule has 168 valence electrons. The number of amides is 1. The average molecular weight is 467 g/mol. The quantitative estimate of drug-likeness (QED) is 0.312. The molecule has 33 heavy (non-hydrogen) atoms. The summed E-state index contributed by atoms with van der Waals surface area (Å²) in [5.74, 6) is 0.0863. The lowest BCUT2D eigenvalue weighted by atomic mass is 10.1. The third-order valence-electron chi connectivity index (χ3n) is 4.59. The van der Waals surface area contributed by atoms with Crippen molar-refractivity contribution in [1.82, 2.24) is 30.7 Å². The fourth-order valence-corrected chi connectivity index (χ4v) is 3.35. The van der Waals surface area contributed by atoms with Crippen molar-refractivity contribution in [1.29, 1.82) is 0 Å². The van der Waals surface area contributed by atoms with Crippen LogP contribution in [0.1, 0.15) is 29.9 Å². The Morgan fingerprint density at radius 3 is 2.79 bits per heavy atom. The van der Waals surface area contributed by atoms with Crippen molar-refractivity contribution in [3.05, 3.63) is 64.8 Å². The van der Waals surface area contributed by atoms with Gasteiger partial charge in [-0.15, -0.1) is 5.10 Å². The van der Waals surface area contributed by atoms with Gasteiger partial charge in [0.05, 0.1) is 12.3 Å². The van der Waals surface area contributed by atoms with Crippen LogP contribution in [0.4, 0.5) is 5.82 Å². The van der Waals surface area contributed by atoms with Crippen LogP contribution in [0.5, 0.6) is 5.75 Å². The largest absolute Gasteiger partial charge is 0.494 e. The van der Waals surface area contributed by atoms with Crippen LogP contribution >= 0.6 is 11.6 Å². The van der Waals surface area contributed by atoms with Gasteiger partial charge in [0, 0.05) is 16.1 Å². The van der Waals surface area contributed by atoms with Gasteiger partial charge < -0.3 is 10.5 Å². The van der Waals surface area contributed by atoms with Crippen molar-refractivity contribution >= 4 is 29.0 Å². The Kier molecular flexibility index (Phi) is 6.31. The van der Waals surface area contributed by atoms with E-state index in [1.54, 1.807) is 43.3 Å². The molecule has 11 nitrogen and oxygen atoms in total. The smallest absolute Gasteiger partial charge is 0.294 e. The molecule has 2 aromatic carbocycles. The second kappa shape index (κ2) is 9.49. The first kappa shape index (κ1) is 22.0. The molecule has 0 fully saturated rings. The van der Waals surface area contributed by atoms with E-state index >= 15 is 0 Å². The summed E-state index contributed by atoms with van der Waals surface area (Å²) in [6.45, 7) is 4.08. The van der Waals surface area contributed by atoms with Gasteiger partial charge in [0.1, 0.15) is 11.4 Å². The number of nitrogens with zero attached hydrogens (tertiary/aromatic N) is 6. The number of ether oxygens (including phenoxy) is 1. The molecule has 0 aliphatic heterocycles. The second-order valence-electron chi connectivity index (χ2n) is 6.75. The summed E-state index contributed by atoms with van der Waals surface area (Å²) in [5.41, 5.74) is 10.4. The average Bonchev–Trinajstić information content (AvgIpc) is 3.44. The Morgan fingerprint density at radius 1 is 1.24 bits per heavy atom. The van der Waals surface area contributed by atoms with Crippen LogP contribution in [0.3, 0.4) is 0 Å². The molecule has 3 N–H and O–H groups in total. The number of rotatable bonds is 7. The van der Waals surface area contributed by atoms with E-state index in [1.807, 2.05) is 19.1 Å². The van der Waals surface area contributed by atoms with Gasteiger partial charge in [-0.3, -0.25) is 4.79 Å². The monoisotopic (exact) mass is 466 g/mol. The third-order valence-corrected chi connectivity index (χ3v) is 4.92. The van der Waals surface area contributed by atoms with Crippen LogP contribution < -0.4 is 15.9 Å². The molecule has 0 unspecified atom stereocenters. The minimum absolute atomic E-state index is 0.0123. The number of hydrogen-bond acceptors (Lipinski definition) is 9. The fraction of sp³-hybridized carbons (Fsp3) is 0.143. The molecule has 0 aliphatic rings. The number of nitrogens with one attached hydrogen (secondary N) is 1. The molecule has 0 bridgehead atoms. The molecule has 2 aromatic heterocycles. The fourth-order valence-electron chi connectivity index (χ4n) is 3.08. The number of nitrogen functional groups attached to an aromatic ring is 1. The van der Waals surface area contributed by atoms with Crippen molar-refractivity contribution in [3.8, 4) is 22.8 Å². The molecule has 12 heteroatoms. The van der Waals surface area contributed by atoms with Crippen molar-refractivity contribution in [2.45, 2.75) is 13.8 Å². The van der Waals surface area contributed by atoms with Crippen molar-refractivity contribution in [3.63, 3.8) is 0 Å². The molecule has 0 atom stereocenters. The lowest BCUT2D eigenvalue weighted by Crippen LogP contribution is -2.21. The van der Waals surface area contributed by atoms with Crippen molar-refractivity contribution in [2.75, 3.05) is 12.3 Å². The topological polar surface area (TPSA) is 146 Å². The molecule has 4 rings (SSSR count). The van der Waals surface area contributed by atoms with Crippen LogP contribution in [0.25, 0.3) is 17.1 Å². The molecule has 4 aromatic rings. The summed E-state index contributed by atoms with van der Waals surface area (Å²) in [5, 5.41) is 20.1. The maximum Gasteiger partial charge on any atom is 0.294 e. The van der Waals surface area contributed by atoms with Gasteiger partial charge in [0.15, 0.2) is 5.69 Å². The Bertz CT molecular complexity index is 1330. The Morgan fingerprint density at radius 2 is 2.06 bits per heavy atom.